The van der Waals surface area contributed by atoms with Crippen LogP contribution in [0.15, 0.2) is 0 Å². The first-order valence-electron chi connectivity index (χ1n) is 13.3. The molecule has 0 N–H and O–H groups in total. The maximum absolute atomic E-state index is 12.8. The van der Waals surface area contributed by atoms with Crippen LogP contribution in [-0.4, -0.2) is 24.6 Å². The molecule has 0 rings (SSSR count). The van der Waals surface area contributed by atoms with E-state index in [1.807, 2.05) is 20.8 Å². The third-order valence-corrected chi connectivity index (χ3v) is 6.96. The van der Waals surface area contributed by atoms with E-state index in [-0.39, 0.29) is 12.0 Å². The highest BCUT2D eigenvalue weighted by Crippen LogP contribution is 2.31. The van der Waals surface area contributed by atoms with Gasteiger partial charge in [-0.1, -0.05) is 112 Å². The number of carbonyl (C=O) groups is 2. The van der Waals surface area contributed by atoms with Crippen molar-refractivity contribution in [2.24, 2.45) is 11.3 Å². The van der Waals surface area contributed by atoms with Gasteiger partial charge >= 0.3 is 11.9 Å². The highest BCUT2D eigenvalue weighted by Gasteiger charge is 2.46. The third-order valence-electron chi connectivity index (χ3n) is 6.96. The average Bonchev–Trinajstić information content (AvgIpc) is 2.77. The van der Waals surface area contributed by atoms with Crippen LogP contribution in [0, 0.1) is 11.3 Å². The van der Waals surface area contributed by atoms with Crippen molar-refractivity contribution in [2.45, 2.75) is 144 Å². The standard InChI is InChI=1S/C27H52O4/c1-7-11-12-13-14-15-16-17-18-19-20-21-22-30-25(28)27(9-3,10-4)26(29)31-24(6)23(5)8-2/h23-24H,7-22H2,1-6H3. The molecule has 0 spiro atoms. The molecule has 0 fully saturated rings. The summed E-state index contributed by atoms with van der Waals surface area (Å²) in [4.78, 5) is 25.6. The fourth-order valence-corrected chi connectivity index (χ4v) is 3.89. The van der Waals surface area contributed by atoms with E-state index < -0.39 is 17.4 Å². The molecule has 4 heteroatoms. The van der Waals surface area contributed by atoms with E-state index in [1.54, 1.807) is 0 Å². The van der Waals surface area contributed by atoms with E-state index in [4.69, 9.17) is 9.47 Å². The van der Waals surface area contributed by atoms with Crippen molar-refractivity contribution in [2.75, 3.05) is 6.61 Å². The van der Waals surface area contributed by atoms with E-state index >= 15 is 0 Å². The molecule has 0 aliphatic carbocycles. The summed E-state index contributed by atoms with van der Waals surface area (Å²) >= 11 is 0. The predicted molar refractivity (Wildman–Crippen MR) is 130 cm³/mol. The largest absolute Gasteiger partial charge is 0.465 e. The lowest BCUT2D eigenvalue weighted by Crippen LogP contribution is -2.43. The molecule has 0 aromatic carbocycles. The van der Waals surface area contributed by atoms with Crippen LogP contribution in [-0.2, 0) is 19.1 Å². The number of hydrogen-bond donors (Lipinski definition) is 0. The number of esters is 2. The van der Waals surface area contributed by atoms with Gasteiger partial charge in [-0.2, -0.15) is 0 Å². The molecular formula is C27H52O4. The minimum absolute atomic E-state index is 0.195. The molecule has 31 heavy (non-hydrogen) atoms. The second kappa shape index (κ2) is 18.5. The van der Waals surface area contributed by atoms with Gasteiger partial charge in [0.15, 0.2) is 5.41 Å². The summed E-state index contributed by atoms with van der Waals surface area (Å²) in [6, 6.07) is 0. The van der Waals surface area contributed by atoms with E-state index in [0.29, 0.717) is 19.4 Å². The summed E-state index contributed by atoms with van der Waals surface area (Å²) in [6.45, 7) is 12.4. The number of carbonyl (C=O) groups excluding carboxylic acids is 2. The topological polar surface area (TPSA) is 52.6 Å². The first-order valence-corrected chi connectivity index (χ1v) is 13.3. The van der Waals surface area contributed by atoms with Gasteiger partial charge in [-0.25, -0.2) is 0 Å². The molecule has 0 heterocycles. The number of rotatable bonds is 20. The summed E-state index contributed by atoms with van der Waals surface area (Å²) < 4.78 is 11.2. The smallest absolute Gasteiger partial charge is 0.323 e. The van der Waals surface area contributed by atoms with Gasteiger partial charge in [0.25, 0.3) is 0 Å². The van der Waals surface area contributed by atoms with Crippen molar-refractivity contribution >= 4 is 11.9 Å². The molecule has 0 aliphatic heterocycles. The highest BCUT2D eigenvalue weighted by atomic mass is 16.6. The van der Waals surface area contributed by atoms with Crippen LogP contribution >= 0.6 is 0 Å². The first kappa shape index (κ1) is 29.9. The number of hydrogen-bond acceptors (Lipinski definition) is 4. The van der Waals surface area contributed by atoms with Crippen molar-refractivity contribution in [1.82, 2.24) is 0 Å². The van der Waals surface area contributed by atoms with Gasteiger partial charge in [0.2, 0.25) is 0 Å². The van der Waals surface area contributed by atoms with Gasteiger partial charge in [0.1, 0.15) is 6.10 Å². The molecule has 0 radical (unpaired) electrons. The molecule has 0 aromatic rings. The molecule has 184 valence electrons. The van der Waals surface area contributed by atoms with Crippen LogP contribution in [0.4, 0.5) is 0 Å². The van der Waals surface area contributed by atoms with Crippen molar-refractivity contribution in [3.63, 3.8) is 0 Å². The lowest BCUT2D eigenvalue weighted by molar-refractivity contribution is -0.177. The monoisotopic (exact) mass is 440 g/mol. The Morgan fingerprint density at radius 3 is 1.55 bits per heavy atom. The van der Waals surface area contributed by atoms with Gasteiger partial charge in [-0.05, 0) is 32.1 Å². The summed E-state index contributed by atoms with van der Waals surface area (Å²) in [5.41, 5.74) is -1.17. The molecule has 0 bridgehead atoms. The zero-order valence-electron chi connectivity index (χ0n) is 21.6. The second-order valence-corrected chi connectivity index (χ2v) is 9.31. The zero-order chi connectivity index (χ0) is 23.5. The number of ether oxygens (including phenoxy) is 2. The Kier molecular flexibility index (Phi) is 17.9. The Morgan fingerprint density at radius 1 is 0.677 bits per heavy atom. The van der Waals surface area contributed by atoms with Gasteiger partial charge in [0.05, 0.1) is 6.61 Å². The molecule has 0 aliphatic rings. The molecule has 2 unspecified atom stereocenters. The Balaban J connectivity index is 4.09. The van der Waals surface area contributed by atoms with Crippen molar-refractivity contribution in [3.05, 3.63) is 0 Å². The molecule has 0 amide bonds. The molecule has 0 aromatic heterocycles. The third kappa shape index (κ3) is 11.9. The van der Waals surface area contributed by atoms with Crippen LogP contribution < -0.4 is 0 Å². The van der Waals surface area contributed by atoms with E-state index in [2.05, 4.69) is 20.8 Å². The quantitative estimate of drug-likeness (QED) is 0.109. The SMILES string of the molecule is CCCCCCCCCCCCCCOC(=O)C(CC)(CC)C(=O)OC(C)C(C)CC. The lowest BCUT2D eigenvalue weighted by atomic mass is 9.82. The van der Waals surface area contributed by atoms with Crippen molar-refractivity contribution < 1.29 is 19.1 Å². The van der Waals surface area contributed by atoms with Crippen molar-refractivity contribution in [1.29, 1.82) is 0 Å². The maximum atomic E-state index is 12.8. The summed E-state index contributed by atoms with van der Waals surface area (Å²) in [6.07, 6.45) is 16.8. The van der Waals surface area contributed by atoms with Crippen LogP contribution in [0.1, 0.15) is 138 Å². The van der Waals surface area contributed by atoms with E-state index in [0.717, 1.165) is 19.3 Å². The molecular weight excluding hydrogens is 388 g/mol. The number of unbranched alkanes of at least 4 members (excludes halogenated alkanes) is 11. The van der Waals surface area contributed by atoms with Crippen LogP contribution in [0.2, 0.25) is 0 Å². The minimum Gasteiger partial charge on any atom is -0.465 e. The summed E-state index contributed by atoms with van der Waals surface area (Å²) in [5.74, 6) is -0.570. The van der Waals surface area contributed by atoms with Gasteiger partial charge in [-0.15, -0.1) is 0 Å². The van der Waals surface area contributed by atoms with Crippen LogP contribution in [0.3, 0.4) is 0 Å². The zero-order valence-corrected chi connectivity index (χ0v) is 21.6. The lowest BCUT2D eigenvalue weighted by Gasteiger charge is -2.30. The molecule has 4 nitrogen and oxygen atoms in total. The molecule has 2 atom stereocenters. The normalized spacial score (nSPS) is 13.6. The predicted octanol–water partition coefficient (Wildman–Crippen LogP) is 8.01. The average molecular weight is 441 g/mol. The first-order chi connectivity index (χ1) is 14.9. The Hall–Kier alpha value is -1.06. The fourth-order valence-electron chi connectivity index (χ4n) is 3.89. The Labute approximate surface area is 193 Å². The van der Waals surface area contributed by atoms with Crippen LogP contribution in [0.25, 0.3) is 0 Å². The molecule has 0 saturated carbocycles. The van der Waals surface area contributed by atoms with Crippen molar-refractivity contribution in [3.8, 4) is 0 Å². The van der Waals surface area contributed by atoms with Gasteiger partial charge in [0, 0.05) is 0 Å². The summed E-state index contributed by atoms with van der Waals surface area (Å²) in [5, 5.41) is 0. The highest BCUT2D eigenvalue weighted by molar-refractivity contribution is 6.00. The maximum Gasteiger partial charge on any atom is 0.323 e. The van der Waals surface area contributed by atoms with Gasteiger partial charge in [-0.3, -0.25) is 9.59 Å². The van der Waals surface area contributed by atoms with E-state index in [1.165, 1.54) is 64.2 Å². The molecule has 0 saturated heterocycles. The fraction of sp³-hybridized carbons (Fsp3) is 0.926. The minimum atomic E-state index is -1.17. The van der Waals surface area contributed by atoms with E-state index in [9.17, 15) is 9.59 Å². The Morgan fingerprint density at radius 2 is 1.13 bits per heavy atom. The Bertz CT molecular complexity index is 456. The van der Waals surface area contributed by atoms with Gasteiger partial charge < -0.3 is 9.47 Å². The second-order valence-electron chi connectivity index (χ2n) is 9.31. The summed E-state index contributed by atoms with van der Waals surface area (Å²) in [7, 11) is 0. The van der Waals surface area contributed by atoms with Crippen LogP contribution in [0.5, 0.6) is 0 Å².